The van der Waals surface area contributed by atoms with Gasteiger partial charge < -0.3 is 14.8 Å². The predicted molar refractivity (Wildman–Crippen MR) is 63.3 cm³/mol. The molecule has 2 atom stereocenters. The molecule has 16 heavy (non-hydrogen) atoms. The van der Waals surface area contributed by atoms with Crippen molar-refractivity contribution in [1.29, 1.82) is 0 Å². The Morgan fingerprint density at radius 3 is 2.94 bits per heavy atom. The molecule has 0 aliphatic carbocycles. The van der Waals surface area contributed by atoms with E-state index in [4.69, 9.17) is 9.47 Å². The molecule has 0 radical (unpaired) electrons. The first kappa shape index (κ1) is 12.0. The Morgan fingerprint density at radius 1 is 1.62 bits per heavy atom. The summed E-state index contributed by atoms with van der Waals surface area (Å²) in [6.07, 6.45) is 1.83. The van der Waals surface area contributed by atoms with Crippen molar-refractivity contribution in [3.05, 3.63) is 16.4 Å². The maximum atomic E-state index is 5.72. The summed E-state index contributed by atoms with van der Waals surface area (Å²) in [7, 11) is 3.84. The molecule has 0 amide bonds. The molecule has 0 saturated carbocycles. The van der Waals surface area contributed by atoms with Crippen LogP contribution in [0.15, 0.2) is 10.7 Å². The van der Waals surface area contributed by atoms with Crippen LogP contribution in [0.1, 0.15) is 11.7 Å². The van der Waals surface area contributed by atoms with E-state index in [1.807, 2.05) is 18.8 Å². The summed E-state index contributed by atoms with van der Waals surface area (Å²) in [5.74, 6) is 0. The van der Waals surface area contributed by atoms with Crippen molar-refractivity contribution < 1.29 is 9.47 Å². The zero-order valence-corrected chi connectivity index (χ0v) is 11.0. The lowest BCUT2D eigenvalue weighted by Gasteiger charge is -2.30. The molecule has 1 aromatic heterocycles. The smallest absolute Gasteiger partial charge is 0.102 e. The van der Waals surface area contributed by atoms with E-state index < -0.39 is 0 Å². The van der Waals surface area contributed by atoms with Crippen LogP contribution in [0.2, 0.25) is 0 Å². The highest BCUT2D eigenvalue weighted by atomic mass is 79.9. The fraction of sp³-hybridized carbons (Fsp3) is 0.700. The van der Waals surface area contributed by atoms with Crippen LogP contribution in [-0.4, -0.2) is 42.8 Å². The van der Waals surface area contributed by atoms with Gasteiger partial charge in [-0.05, 0) is 23.0 Å². The van der Waals surface area contributed by atoms with Gasteiger partial charge in [0.1, 0.15) is 6.10 Å². The molecule has 90 valence electrons. The number of hydrogen-bond donors (Lipinski definition) is 1. The van der Waals surface area contributed by atoms with Crippen molar-refractivity contribution in [2.45, 2.75) is 12.1 Å². The Balaban J connectivity index is 2.21. The largest absolute Gasteiger partial charge is 0.376 e. The summed E-state index contributed by atoms with van der Waals surface area (Å²) >= 11 is 3.51. The second-order valence-corrected chi connectivity index (χ2v) is 4.61. The van der Waals surface area contributed by atoms with Crippen LogP contribution in [0.5, 0.6) is 0 Å². The fourth-order valence-corrected chi connectivity index (χ4v) is 2.56. The van der Waals surface area contributed by atoms with Crippen molar-refractivity contribution in [3.8, 4) is 0 Å². The van der Waals surface area contributed by atoms with Crippen LogP contribution in [0.4, 0.5) is 0 Å². The van der Waals surface area contributed by atoms with E-state index in [0.717, 1.165) is 10.2 Å². The van der Waals surface area contributed by atoms with Gasteiger partial charge in [0.25, 0.3) is 0 Å². The Kier molecular flexibility index (Phi) is 3.96. The maximum absolute atomic E-state index is 5.72. The van der Waals surface area contributed by atoms with Crippen LogP contribution in [0.25, 0.3) is 0 Å². The zero-order valence-electron chi connectivity index (χ0n) is 9.44. The number of hydrogen-bond acceptors (Lipinski definition) is 4. The third-order valence-corrected chi connectivity index (χ3v) is 3.37. The molecule has 1 aliphatic heterocycles. The summed E-state index contributed by atoms with van der Waals surface area (Å²) in [4.78, 5) is 0. The molecule has 0 aromatic carbocycles. The van der Waals surface area contributed by atoms with E-state index >= 15 is 0 Å². The first-order valence-corrected chi connectivity index (χ1v) is 6.07. The monoisotopic (exact) mass is 289 g/mol. The van der Waals surface area contributed by atoms with Crippen molar-refractivity contribution in [2.75, 3.05) is 26.9 Å². The third-order valence-electron chi connectivity index (χ3n) is 2.76. The first-order chi connectivity index (χ1) is 7.74. The zero-order chi connectivity index (χ0) is 11.5. The Labute approximate surface area is 103 Å². The molecule has 0 spiro atoms. The van der Waals surface area contributed by atoms with Crippen molar-refractivity contribution in [3.63, 3.8) is 0 Å². The highest BCUT2D eigenvalue weighted by Crippen LogP contribution is 2.27. The van der Waals surface area contributed by atoms with Gasteiger partial charge in [-0.2, -0.15) is 5.10 Å². The number of ether oxygens (including phenoxy) is 2. The molecule has 1 aromatic rings. The number of rotatable bonds is 3. The average molecular weight is 290 g/mol. The second-order valence-electron chi connectivity index (χ2n) is 3.75. The molecular formula is C10H16BrN3O2. The minimum absolute atomic E-state index is 0.0328. The van der Waals surface area contributed by atoms with E-state index in [2.05, 4.69) is 26.3 Å². The second kappa shape index (κ2) is 5.27. The number of halogens is 1. The minimum atomic E-state index is 0.0328. The van der Waals surface area contributed by atoms with Gasteiger partial charge in [-0.1, -0.05) is 0 Å². The summed E-state index contributed by atoms with van der Waals surface area (Å²) in [6, 6.07) is 0.0853. The lowest BCUT2D eigenvalue weighted by Crippen LogP contribution is -2.40. The van der Waals surface area contributed by atoms with Crippen LogP contribution >= 0.6 is 15.9 Å². The molecule has 1 aliphatic rings. The lowest BCUT2D eigenvalue weighted by molar-refractivity contribution is -0.102. The number of nitrogens with one attached hydrogen (secondary N) is 1. The average Bonchev–Trinajstić information content (AvgIpc) is 2.63. The van der Waals surface area contributed by atoms with Crippen molar-refractivity contribution >= 4 is 15.9 Å². The molecule has 5 nitrogen and oxygen atoms in total. The summed E-state index contributed by atoms with van der Waals surface area (Å²) in [5, 5.41) is 7.47. The maximum Gasteiger partial charge on any atom is 0.102 e. The van der Waals surface area contributed by atoms with Crippen LogP contribution in [-0.2, 0) is 16.5 Å². The Hall–Kier alpha value is -0.430. The minimum Gasteiger partial charge on any atom is -0.376 e. The quantitative estimate of drug-likeness (QED) is 0.897. The SMILES string of the molecule is CNC(c1c(Br)cnn1C)C1COCCO1. The number of likely N-dealkylation sites (N-methyl/N-ethyl adjacent to an activating group) is 1. The molecule has 2 unspecified atom stereocenters. The number of nitrogens with zero attached hydrogens (tertiary/aromatic N) is 2. The number of aromatic nitrogens is 2. The molecule has 1 N–H and O–H groups in total. The van der Waals surface area contributed by atoms with Crippen molar-refractivity contribution in [2.24, 2.45) is 7.05 Å². The van der Waals surface area contributed by atoms with Gasteiger partial charge in [0.05, 0.1) is 42.2 Å². The van der Waals surface area contributed by atoms with E-state index in [1.165, 1.54) is 0 Å². The molecule has 1 fully saturated rings. The number of aryl methyl sites for hydroxylation is 1. The molecule has 2 heterocycles. The van der Waals surface area contributed by atoms with Gasteiger partial charge in [-0.3, -0.25) is 4.68 Å². The summed E-state index contributed by atoms with van der Waals surface area (Å²) in [6.45, 7) is 1.95. The van der Waals surface area contributed by atoms with Gasteiger partial charge in [0.15, 0.2) is 0 Å². The van der Waals surface area contributed by atoms with E-state index in [1.54, 1.807) is 6.20 Å². The molecular weight excluding hydrogens is 274 g/mol. The highest BCUT2D eigenvalue weighted by Gasteiger charge is 2.29. The first-order valence-electron chi connectivity index (χ1n) is 5.28. The molecule has 2 rings (SSSR count). The summed E-state index contributed by atoms with van der Waals surface area (Å²) in [5.41, 5.74) is 1.08. The van der Waals surface area contributed by atoms with Gasteiger partial charge in [0.2, 0.25) is 0 Å². The van der Waals surface area contributed by atoms with Gasteiger partial charge in [-0.25, -0.2) is 0 Å². The van der Waals surface area contributed by atoms with Crippen molar-refractivity contribution in [1.82, 2.24) is 15.1 Å². The molecule has 0 bridgehead atoms. The summed E-state index contributed by atoms with van der Waals surface area (Å²) < 4.78 is 14.0. The Bertz CT molecular complexity index is 330. The van der Waals surface area contributed by atoms with Gasteiger partial charge in [0, 0.05) is 7.05 Å². The van der Waals surface area contributed by atoms with E-state index in [0.29, 0.717) is 19.8 Å². The van der Waals surface area contributed by atoms with E-state index in [9.17, 15) is 0 Å². The highest BCUT2D eigenvalue weighted by molar-refractivity contribution is 9.10. The van der Waals surface area contributed by atoms with Gasteiger partial charge >= 0.3 is 0 Å². The van der Waals surface area contributed by atoms with Crippen LogP contribution in [0, 0.1) is 0 Å². The lowest BCUT2D eigenvalue weighted by atomic mass is 10.1. The Morgan fingerprint density at radius 2 is 2.44 bits per heavy atom. The molecule has 1 saturated heterocycles. The van der Waals surface area contributed by atoms with Crippen LogP contribution in [0.3, 0.4) is 0 Å². The third kappa shape index (κ3) is 2.29. The van der Waals surface area contributed by atoms with Gasteiger partial charge in [-0.15, -0.1) is 0 Å². The molecule has 6 heteroatoms. The topological polar surface area (TPSA) is 48.3 Å². The van der Waals surface area contributed by atoms with Crippen LogP contribution < -0.4 is 5.32 Å². The predicted octanol–water partition coefficient (Wildman–Crippen LogP) is 0.858. The normalized spacial score (nSPS) is 23.3. The van der Waals surface area contributed by atoms with E-state index in [-0.39, 0.29) is 12.1 Å². The fourth-order valence-electron chi connectivity index (χ4n) is 1.97. The standard InChI is InChI=1S/C10H16BrN3O2/c1-12-9(8-6-15-3-4-16-8)10-7(11)5-13-14(10)2/h5,8-9,12H,3-4,6H2,1-2H3.